The van der Waals surface area contributed by atoms with Gasteiger partial charge >= 0.3 is 0 Å². The number of carbonyl (C=O) groups excluding carboxylic acids is 2. The van der Waals surface area contributed by atoms with Crippen molar-refractivity contribution in [2.24, 2.45) is 5.92 Å². The minimum Gasteiger partial charge on any atom is -0.497 e. The Balaban J connectivity index is 2.03. The van der Waals surface area contributed by atoms with Gasteiger partial charge in [0.05, 0.1) is 24.3 Å². The molecule has 0 fully saturated rings. The van der Waals surface area contributed by atoms with Gasteiger partial charge in [0.15, 0.2) is 0 Å². The van der Waals surface area contributed by atoms with E-state index >= 15 is 0 Å². The Bertz CT molecular complexity index is 1440. The van der Waals surface area contributed by atoms with E-state index in [4.69, 9.17) is 9.47 Å². The lowest BCUT2D eigenvalue weighted by atomic mass is 10.1. The Morgan fingerprint density at radius 3 is 2.02 bits per heavy atom. The summed E-state index contributed by atoms with van der Waals surface area (Å²) in [6.45, 7) is 10.1. The molecule has 0 aliphatic heterocycles. The summed E-state index contributed by atoms with van der Waals surface area (Å²) in [5.41, 5.74) is 2.07. The zero-order valence-corrected chi connectivity index (χ0v) is 26.7. The van der Waals surface area contributed by atoms with E-state index in [1.165, 1.54) is 17.0 Å². The number of carbonyl (C=O) groups is 2. The van der Waals surface area contributed by atoms with Crippen molar-refractivity contribution in [3.63, 3.8) is 0 Å². The van der Waals surface area contributed by atoms with E-state index in [1.54, 1.807) is 55.6 Å². The van der Waals surface area contributed by atoms with Gasteiger partial charge in [-0.2, -0.15) is 0 Å². The van der Waals surface area contributed by atoms with Gasteiger partial charge in [-0.1, -0.05) is 50.6 Å². The molecule has 0 unspecified atom stereocenters. The number of sulfonamides is 1. The van der Waals surface area contributed by atoms with Crippen molar-refractivity contribution in [1.82, 2.24) is 10.2 Å². The van der Waals surface area contributed by atoms with Crippen molar-refractivity contribution >= 4 is 27.5 Å². The maximum atomic E-state index is 14.2. The van der Waals surface area contributed by atoms with E-state index in [1.807, 2.05) is 46.8 Å². The highest BCUT2D eigenvalue weighted by molar-refractivity contribution is 7.92. The Morgan fingerprint density at radius 2 is 1.49 bits per heavy atom. The van der Waals surface area contributed by atoms with E-state index in [2.05, 4.69) is 5.32 Å². The first kappa shape index (κ1) is 33.5. The first-order valence-corrected chi connectivity index (χ1v) is 16.0. The molecule has 1 N–H and O–H groups in total. The van der Waals surface area contributed by atoms with Gasteiger partial charge in [-0.25, -0.2) is 8.42 Å². The van der Waals surface area contributed by atoms with Crippen LogP contribution < -0.4 is 19.1 Å². The molecule has 0 bridgehead atoms. The largest absolute Gasteiger partial charge is 0.497 e. The number of ether oxygens (including phenoxy) is 2. The van der Waals surface area contributed by atoms with Crippen molar-refractivity contribution in [3.8, 4) is 11.5 Å². The minimum absolute atomic E-state index is 0.0211. The van der Waals surface area contributed by atoms with E-state index in [9.17, 15) is 18.0 Å². The van der Waals surface area contributed by atoms with Crippen molar-refractivity contribution in [1.29, 1.82) is 0 Å². The number of anilines is 1. The SMILES string of the molecule is CCOc1ccc(S(=O)(=O)N(CC(=O)N(Cc2ccc(OC)cc2)[C@@H](CC)C(=O)NCC(C)C)c2ccc(C)cc2)cc1. The molecule has 3 rings (SSSR count). The Hall–Kier alpha value is -4.05. The number of hydrogen-bond acceptors (Lipinski definition) is 6. The number of nitrogens with one attached hydrogen (secondary N) is 1. The molecular weight excluding hydrogens is 566 g/mol. The predicted molar refractivity (Wildman–Crippen MR) is 169 cm³/mol. The molecular formula is C33H43N3O6S. The summed E-state index contributed by atoms with van der Waals surface area (Å²) in [6.07, 6.45) is 0.349. The van der Waals surface area contributed by atoms with E-state index in [-0.39, 0.29) is 23.3 Å². The zero-order chi connectivity index (χ0) is 31.6. The third-order valence-corrected chi connectivity index (χ3v) is 8.69. The second-order valence-corrected chi connectivity index (χ2v) is 12.5. The van der Waals surface area contributed by atoms with E-state index < -0.39 is 28.5 Å². The van der Waals surface area contributed by atoms with Gasteiger partial charge in [-0.3, -0.25) is 13.9 Å². The number of aryl methyl sites for hydroxylation is 1. The molecule has 0 saturated heterocycles. The van der Waals surface area contributed by atoms with Gasteiger partial charge < -0.3 is 19.7 Å². The Kier molecular flexibility index (Phi) is 12.0. The number of amides is 2. The van der Waals surface area contributed by atoms with Crippen LogP contribution >= 0.6 is 0 Å². The third kappa shape index (κ3) is 8.97. The van der Waals surface area contributed by atoms with Crippen LogP contribution in [0.4, 0.5) is 5.69 Å². The maximum absolute atomic E-state index is 14.2. The van der Waals surface area contributed by atoms with Crippen LogP contribution in [0.1, 0.15) is 45.2 Å². The van der Waals surface area contributed by atoms with Crippen LogP contribution in [0.5, 0.6) is 11.5 Å². The lowest BCUT2D eigenvalue weighted by molar-refractivity contribution is -0.140. The smallest absolute Gasteiger partial charge is 0.264 e. The standard InChI is InChI=1S/C33H43N3O6S/c1-7-31(33(38)34-21-24(3)4)35(22-26-11-15-28(41-6)16-12-26)32(37)23-36(27-13-9-25(5)10-14-27)43(39,40)30-19-17-29(18-20-30)42-8-2/h9-20,24,31H,7-8,21-23H2,1-6H3,(H,34,38)/t31-/m0/s1. The van der Waals surface area contributed by atoms with Crippen molar-refractivity contribution < 1.29 is 27.5 Å². The highest BCUT2D eigenvalue weighted by Gasteiger charge is 2.33. The van der Waals surface area contributed by atoms with Crippen LogP contribution in [-0.2, 0) is 26.2 Å². The first-order chi connectivity index (χ1) is 20.5. The Labute approximate surface area is 255 Å². The summed E-state index contributed by atoms with van der Waals surface area (Å²) in [5, 5.41) is 2.94. The van der Waals surface area contributed by atoms with Crippen molar-refractivity contribution in [2.75, 3.05) is 31.1 Å². The summed E-state index contributed by atoms with van der Waals surface area (Å²) in [6, 6.07) is 19.5. The lowest BCUT2D eigenvalue weighted by Gasteiger charge is -2.33. The van der Waals surface area contributed by atoms with Crippen molar-refractivity contribution in [3.05, 3.63) is 83.9 Å². The summed E-state index contributed by atoms with van der Waals surface area (Å²) in [5.74, 6) is 0.647. The molecule has 1 atom stereocenters. The van der Waals surface area contributed by atoms with Gasteiger partial charge in [0.1, 0.15) is 24.1 Å². The molecule has 3 aromatic rings. The second-order valence-electron chi connectivity index (χ2n) is 10.7. The molecule has 9 nitrogen and oxygen atoms in total. The lowest BCUT2D eigenvalue weighted by Crippen LogP contribution is -2.52. The third-order valence-electron chi connectivity index (χ3n) is 6.91. The molecule has 0 heterocycles. The average Bonchev–Trinajstić information content (AvgIpc) is 2.99. The van der Waals surface area contributed by atoms with Crippen LogP contribution in [0.25, 0.3) is 0 Å². The number of benzene rings is 3. The van der Waals surface area contributed by atoms with E-state index in [0.717, 1.165) is 15.4 Å². The quantitative estimate of drug-likeness (QED) is 0.255. The summed E-state index contributed by atoms with van der Waals surface area (Å²) < 4.78 is 39.9. The molecule has 0 spiro atoms. The molecule has 0 radical (unpaired) electrons. The van der Waals surface area contributed by atoms with Crippen LogP contribution in [-0.4, -0.2) is 58.0 Å². The molecule has 232 valence electrons. The first-order valence-electron chi connectivity index (χ1n) is 14.5. The minimum atomic E-state index is -4.17. The molecule has 43 heavy (non-hydrogen) atoms. The molecule has 2 amide bonds. The number of hydrogen-bond donors (Lipinski definition) is 1. The number of methoxy groups -OCH3 is 1. The van der Waals surface area contributed by atoms with Crippen molar-refractivity contribution in [2.45, 2.75) is 58.5 Å². The van der Waals surface area contributed by atoms with Gasteiger partial charge in [-0.15, -0.1) is 0 Å². The molecule has 0 saturated carbocycles. The molecule has 0 aliphatic carbocycles. The fraction of sp³-hybridized carbons (Fsp3) is 0.394. The van der Waals surface area contributed by atoms with E-state index in [0.29, 0.717) is 36.8 Å². The van der Waals surface area contributed by atoms with Gasteiger partial charge in [-0.05, 0) is 80.3 Å². The predicted octanol–water partition coefficient (Wildman–Crippen LogP) is 5.18. The van der Waals surface area contributed by atoms with Crippen LogP contribution in [0.3, 0.4) is 0 Å². The normalized spacial score (nSPS) is 12.0. The van der Waals surface area contributed by atoms with Crippen LogP contribution in [0.2, 0.25) is 0 Å². The highest BCUT2D eigenvalue weighted by atomic mass is 32.2. The molecule has 3 aromatic carbocycles. The number of rotatable bonds is 15. The monoisotopic (exact) mass is 609 g/mol. The summed E-state index contributed by atoms with van der Waals surface area (Å²) in [4.78, 5) is 29.0. The molecule has 10 heteroatoms. The zero-order valence-electron chi connectivity index (χ0n) is 25.9. The fourth-order valence-corrected chi connectivity index (χ4v) is 5.93. The molecule has 0 aromatic heterocycles. The van der Waals surface area contributed by atoms with Crippen LogP contribution in [0, 0.1) is 12.8 Å². The summed E-state index contributed by atoms with van der Waals surface area (Å²) >= 11 is 0. The molecule has 0 aliphatic rings. The van der Waals surface area contributed by atoms with Gasteiger partial charge in [0.25, 0.3) is 10.0 Å². The fourth-order valence-electron chi connectivity index (χ4n) is 4.51. The highest BCUT2D eigenvalue weighted by Crippen LogP contribution is 2.27. The average molecular weight is 610 g/mol. The number of nitrogens with zero attached hydrogens (tertiary/aromatic N) is 2. The van der Waals surface area contributed by atoms with Gasteiger partial charge in [0.2, 0.25) is 11.8 Å². The Morgan fingerprint density at radius 1 is 0.884 bits per heavy atom. The maximum Gasteiger partial charge on any atom is 0.264 e. The second kappa shape index (κ2) is 15.4. The summed E-state index contributed by atoms with van der Waals surface area (Å²) in [7, 11) is -2.60. The topological polar surface area (TPSA) is 105 Å². The van der Waals surface area contributed by atoms with Crippen LogP contribution in [0.15, 0.2) is 77.7 Å². The van der Waals surface area contributed by atoms with Gasteiger partial charge in [0, 0.05) is 13.1 Å².